The molecule has 0 saturated heterocycles. The van der Waals surface area contributed by atoms with Crippen LogP contribution in [0.4, 0.5) is 0 Å². The number of rotatable bonds is 12. The molecular formula is C16H27O4Si. The maximum absolute atomic E-state index is 9.76. The van der Waals surface area contributed by atoms with E-state index in [9.17, 15) is 5.11 Å². The molecule has 1 aromatic rings. The molecule has 0 atom stereocenters. The molecule has 0 aliphatic heterocycles. The minimum absolute atomic E-state index is 0.120. The third-order valence-electron chi connectivity index (χ3n) is 2.99. The fraction of sp³-hybridized carbons (Fsp3) is 0.625. The molecule has 4 nitrogen and oxygen atoms in total. The summed E-state index contributed by atoms with van der Waals surface area (Å²) in [6, 6.07) is 6.91. The van der Waals surface area contributed by atoms with E-state index in [0.29, 0.717) is 19.0 Å². The standard InChI is InChI=1S/C16H27O4Si/c1-3-5-9-13-18-21(19-14-10-6-4-2)20-16-12-8-7-11-15(16)17/h7-8,11-12,17H,3-6,9-10,13-14H2,1-2H3. The van der Waals surface area contributed by atoms with Crippen molar-refractivity contribution in [3.05, 3.63) is 24.3 Å². The van der Waals surface area contributed by atoms with Crippen molar-refractivity contribution < 1.29 is 18.4 Å². The Bertz CT molecular complexity index is 361. The van der Waals surface area contributed by atoms with Crippen LogP contribution in [0.15, 0.2) is 24.3 Å². The molecule has 1 radical (unpaired) electrons. The molecule has 0 bridgehead atoms. The maximum Gasteiger partial charge on any atom is 0.656 e. The van der Waals surface area contributed by atoms with Gasteiger partial charge in [-0.3, -0.25) is 0 Å². The van der Waals surface area contributed by atoms with Gasteiger partial charge < -0.3 is 18.4 Å². The first-order chi connectivity index (χ1) is 10.3. The van der Waals surface area contributed by atoms with Crippen molar-refractivity contribution in [1.82, 2.24) is 0 Å². The van der Waals surface area contributed by atoms with Crippen molar-refractivity contribution in [3.63, 3.8) is 0 Å². The van der Waals surface area contributed by atoms with E-state index >= 15 is 0 Å². The van der Waals surface area contributed by atoms with Gasteiger partial charge in [-0.2, -0.15) is 0 Å². The summed E-state index contributed by atoms with van der Waals surface area (Å²) in [6.45, 7) is 5.60. The lowest BCUT2D eigenvalue weighted by Gasteiger charge is -2.16. The predicted octanol–water partition coefficient (Wildman–Crippen LogP) is 4.17. The molecule has 0 saturated carbocycles. The molecule has 0 heterocycles. The van der Waals surface area contributed by atoms with E-state index in [4.69, 9.17) is 13.3 Å². The van der Waals surface area contributed by atoms with Gasteiger partial charge in [0.2, 0.25) is 0 Å². The predicted molar refractivity (Wildman–Crippen MR) is 85.4 cm³/mol. The Labute approximate surface area is 130 Å². The number of hydrogen-bond donors (Lipinski definition) is 1. The Morgan fingerprint density at radius 1 is 0.905 bits per heavy atom. The number of benzene rings is 1. The summed E-state index contributed by atoms with van der Waals surface area (Å²) in [6.07, 6.45) is 6.61. The van der Waals surface area contributed by atoms with E-state index in [1.807, 2.05) is 6.07 Å². The van der Waals surface area contributed by atoms with Gasteiger partial charge >= 0.3 is 9.53 Å². The summed E-state index contributed by atoms with van der Waals surface area (Å²) < 4.78 is 17.2. The van der Waals surface area contributed by atoms with Gasteiger partial charge in [0.15, 0.2) is 5.75 Å². The van der Waals surface area contributed by atoms with Crippen LogP contribution in [0.5, 0.6) is 11.5 Å². The lowest BCUT2D eigenvalue weighted by molar-refractivity contribution is 0.134. The quantitative estimate of drug-likeness (QED) is 0.465. The average Bonchev–Trinajstić information content (AvgIpc) is 2.50. The molecule has 1 aromatic carbocycles. The Hall–Kier alpha value is -1.04. The van der Waals surface area contributed by atoms with E-state index in [1.165, 1.54) is 0 Å². The highest BCUT2D eigenvalue weighted by atomic mass is 28.3. The summed E-state index contributed by atoms with van der Waals surface area (Å²) in [5.41, 5.74) is 0. The van der Waals surface area contributed by atoms with Crippen LogP contribution >= 0.6 is 0 Å². The fourth-order valence-electron chi connectivity index (χ4n) is 1.75. The Kier molecular flexibility index (Phi) is 9.95. The maximum atomic E-state index is 9.76. The molecule has 0 fully saturated rings. The second kappa shape index (κ2) is 11.6. The zero-order valence-corrected chi connectivity index (χ0v) is 14.1. The number of hydrogen-bond acceptors (Lipinski definition) is 4. The lowest BCUT2D eigenvalue weighted by Crippen LogP contribution is -2.31. The topological polar surface area (TPSA) is 47.9 Å². The molecular weight excluding hydrogens is 284 g/mol. The van der Waals surface area contributed by atoms with Crippen molar-refractivity contribution in [1.29, 1.82) is 0 Å². The van der Waals surface area contributed by atoms with Crippen molar-refractivity contribution in [2.75, 3.05) is 13.2 Å². The normalized spacial score (nSPS) is 11.0. The second-order valence-electron chi connectivity index (χ2n) is 4.93. The van der Waals surface area contributed by atoms with Crippen molar-refractivity contribution in [3.8, 4) is 11.5 Å². The van der Waals surface area contributed by atoms with Gasteiger partial charge in [-0.25, -0.2) is 0 Å². The molecule has 1 N–H and O–H groups in total. The Morgan fingerprint density at radius 2 is 1.48 bits per heavy atom. The SMILES string of the molecule is CCCCCO[Si](OCCCCC)Oc1ccccc1O. The highest BCUT2D eigenvalue weighted by Gasteiger charge is 2.23. The third-order valence-corrected chi connectivity index (χ3v) is 4.26. The summed E-state index contributed by atoms with van der Waals surface area (Å²) >= 11 is 0. The van der Waals surface area contributed by atoms with Crippen LogP contribution in [0.2, 0.25) is 0 Å². The van der Waals surface area contributed by atoms with Gasteiger partial charge in [0.25, 0.3) is 0 Å². The van der Waals surface area contributed by atoms with Gasteiger partial charge in [-0.1, -0.05) is 51.7 Å². The first-order valence-electron chi connectivity index (χ1n) is 7.86. The average molecular weight is 311 g/mol. The molecule has 0 unspecified atom stereocenters. The van der Waals surface area contributed by atoms with Gasteiger partial charge in [-0.15, -0.1) is 0 Å². The molecule has 5 heteroatoms. The summed E-state index contributed by atoms with van der Waals surface area (Å²) in [4.78, 5) is 0. The molecule has 119 valence electrons. The molecule has 0 amide bonds. The number of aromatic hydroxyl groups is 1. The molecule has 0 aliphatic rings. The van der Waals surface area contributed by atoms with Gasteiger partial charge in [-0.05, 0) is 25.0 Å². The zero-order chi connectivity index (χ0) is 15.3. The van der Waals surface area contributed by atoms with Crippen LogP contribution in [0.25, 0.3) is 0 Å². The fourth-order valence-corrected chi connectivity index (χ4v) is 2.92. The number of para-hydroxylation sites is 2. The highest BCUT2D eigenvalue weighted by molar-refractivity contribution is 6.37. The monoisotopic (exact) mass is 311 g/mol. The molecule has 21 heavy (non-hydrogen) atoms. The van der Waals surface area contributed by atoms with Crippen LogP contribution in [0.1, 0.15) is 52.4 Å². The molecule has 0 aromatic heterocycles. The van der Waals surface area contributed by atoms with Gasteiger partial charge in [0.05, 0.1) is 0 Å². The largest absolute Gasteiger partial charge is 0.656 e. The Balaban J connectivity index is 2.44. The van der Waals surface area contributed by atoms with E-state index in [-0.39, 0.29) is 5.75 Å². The first-order valence-corrected chi connectivity index (χ1v) is 9.08. The van der Waals surface area contributed by atoms with E-state index in [1.54, 1.807) is 18.2 Å². The van der Waals surface area contributed by atoms with Crippen molar-refractivity contribution >= 4 is 9.53 Å². The smallest absolute Gasteiger partial charge is 0.504 e. The van der Waals surface area contributed by atoms with Crippen LogP contribution in [0.3, 0.4) is 0 Å². The number of unbranched alkanes of at least 4 members (excludes halogenated alkanes) is 4. The van der Waals surface area contributed by atoms with Crippen molar-refractivity contribution in [2.24, 2.45) is 0 Å². The second-order valence-corrected chi connectivity index (χ2v) is 6.21. The Morgan fingerprint density at radius 3 is 2.00 bits per heavy atom. The number of phenolic OH excluding ortho intramolecular Hbond substituents is 1. The lowest BCUT2D eigenvalue weighted by atomic mass is 10.3. The summed E-state index contributed by atoms with van der Waals surface area (Å²) in [5.74, 6) is 0.548. The van der Waals surface area contributed by atoms with Crippen molar-refractivity contribution in [2.45, 2.75) is 52.4 Å². The zero-order valence-electron chi connectivity index (χ0n) is 13.1. The first kappa shape index (κ1) is 18.0. The van der Waals surface area contributed by atoms with Gasteiger partial charge in [0, 0.05) is 13.2 Å². The van der Waals surface area contributed by atoms with E-state index < -0.39 is 9.53 Å². The minimum atomic E-state index is -1.84. The minimum Gasteiger partial charge on any atom is -0.504 e. The van der Waals surface area contributed by atoms with E-state index in [2.05, 4.69) is 13.8 Å². The third kappa shape index (κ3) is 8.09. The van der Waals surface area contributed by atoms with Crippen LogP contribution in [-0.4, -0.2) is 27.8 Å². The highest BCUT2D eigenvalue weighted by Crippen LogP contribution is 2.25. The summed E-state index contributed by atoms with van der Waals surface area (Å²) in [5, 5.41) is 9.76. The number of phenols is 1. The molecule has 1 rings (SSSR count). The van der Waals surface area contributed by atoms with E-state index in [0.717, 1.165) is 38.5 Å². The van der Waals surface area contributed by atoms with Crippen LogP contribution in [0, 0.1) is 0 Å². The van der Waals surface area contributed by atoms with Gasteiger partial charge in [0.1, 0.15) is 5.75 Å². The molecule has 0 spiro atoms. The van der Waals surface area contributed by atoms with Crippen LogP contribution < -0.4 is 4.43 Å². The summed E-state index contributed by atoms with van der Waals surface area (Å²) in [7, 11) is -1.84. The molecule has 0 aliphatic carbocycles. The van der Waals surface area contributed by atoms with Crippen LogP contribution in [-0.2, 0) is 8.85 Å².